The maximum atomic E-state index is 12.9. The molecule has 0 saturated carbocycles. The van der Waals surface area contributed by atoms with Gasteiger partial charge in [-0.15, -0.1) is 5.10 Å². The summed E-state index contributed by atoms with van der Waals surface area (Å²) in [5, 5.41) is 12.2. The molecule has 0 saturated heterocycles. The van der Waals surface area contributed by atoms with Crippen LogP contribution in [-0.4, -0.2) is 34.7 Å². The lowest BCUT2D eigenvalue weighted by atomic mass is 10.1. The van der Waals surface area contributed by atoms with Crippen LogP contribution in [0.15, 0.2) is 64.2 Å². The van der Waals surface area contributed by atoms with Crippen molar-refractivity contribution in [3.05, 3.63) is 87.8 Å². The fourth-order valence-electron chi connectivity index (χ4n) is 3.53. The molecule has 0 unspecified atom stereocenters. The van der Waals surface area contributed by atoms with Gasteiger partial charge in [0.1, 0.15) is 12.9 Å². The minimum atomic E-state index is -0.307. The molecule has 160 valence electrons. The van der Waals surface area contributed by atoms with Crippen LogP contribution >= 0.6 is 0 Å². The van der Waals surface area contributed by atoms with Gasteiger partial charge in [-0.3, -0.25) is 9.36 Å². The van der Waals surface area contributed by atoms with Gasteiger partial charge in [0.25, 0.3) is 5.56 Å². The van der Waals surface area contributed by atoms with Gasteiger partial charge in [0, 0.05) is 5.56 Å². The fourth-order valence-corrected chi connectivity index (χ4v) is 3.53. The summed E-state index contributed by atoms with van der Waals surface area (Å²) in [5.41, 5.74) is 4.67. The quantitative estimate of drug-likeness (QED) is 0.410. The molecule has 0 aliphatic rings. The highest BCUT2D eigenvalue weighted by atomic mass is 16.5. The first-order chi connectivity index (χ1) is 15.6. The molecule has 5 aromatic rings. The summed E-state index contributed by atoms with van der Waals surface area (Å²) in [6.45, 7) is 4.73. The molecule has 9 heteroatoms. The highest BCUT2D eigenvalue weighted by Crippen LogP contribution is 2.17. The van der Waals surface area contributed by atoms with Crippen LogP contribution in [0.1, 0.15) is 29.5 Å². The Morgan fingerprint density at radius 3 is 2.62 bits per heavy atom. The number of benzene rings is 2. The molecule has 0 N–H and O–H groups in total. The van der Waals surface area contributed by atoms with Crippen molar-refractivity contribution in [2.75, 3.05) is 0 Å². The number of aryl methyl sites for hydroxylation is 2. The Hall–Kier alpha value is -4.14. The van der Waals surface area contributed by atoms with Crippen LogP contribution < -0.4 is 5.56 Å². The lowest BCUT2D eigenvalue weighted by Gasteiger charge is -2.06. The molecular formula is C23H21N7O2. The monoisotopic (exact) mass is 427 g/mol. The van der Waals surface area contributed by atoms with E-state index in [0.29, 0.717) is 23.9 Å². The molecule has 0 fully saturated rings. The largest absolute Gasteiger partial charge is 0.337 e. The number of hydrogen-bond acceptors (Lipinski definition) is 7. The highest BCUT2D eigenvalue weighted by Gasteiger charge is 2.15. The third-order valence-corrected chi connectivity index (χ3v) is 5.47. The number of rotatable bonds is 6. The second-order valence-corrected chi connectivity index (χ2v) is 7.59. The lowest BCUT2D eigenvalue weighted by molar-refractivity contribution is 0.369. The summed E-state index contributed by atoms with van der Waals surface area (Å²) < 4.78 is 8.38. The topological polar surface area (TPSA) is 105 Å². The Morgan fingerprint density at radius 1 is 1.03 bits per heavy atom. The molecule has 0 aliphatic carbocycles. The molecular weight excluding hydrogens is 406 g/mol. The summed E-state index contributed by atoms with van der Waals surface area (Å²) in [7, 11) is 0. The average molecular weight is 427 g/mol. The molecule has 32 heavy (non-hydrogen) atoms. The van der Waals surface area contributed by atoms with Crippen molar-refractivity contribution in [2.45, 2.75) is 33.4 Å². The van der Waals surface area contributed by atoms with Gasteiger partial charge in [-0.25, -0.2) is 9.67 Å². The molecule has 2 aromatic carbocycles. The number of hydrogen-bond donors (Lipinski definition) is 0. The maximum absolute atomic E-state index is 12.9. The molecule has 3 heterocycles. The van der Waals surface area contributed by atoms with Crippen LogP contribution in [0, 0.1) is 6.92 Å². The van der Waals surface area contributed by atoms with Crippen LogP contribution in [-0.2, 0) is 19.5 Å². The average Bonchev–Trinajstić information content (AvgIpc) is 3.45. The van der Waals surface area contributed by atoms with E-state index in [1.165, 1.54) is 16.5 Å². The van der Waals surface area contributed by atoms with E-state index >= 15 is 0 Å². The van der Waals surface area contributed by atoms with Gasteiger partial charge in [-0.2, -0.15) is 4.98 Å². The number of aromatic nitrogens is 7. The number of fused-ring (bicyclic) bond motifs is 1. The van der Waals surface area contributed by atoms with Crippen LogP contribution in [0.25, 0.3) is 22.6 Å². The number of nitrogens with zero attached hydrogens (tertiary/aromatic N) is 7. The Kier molecular flexibility index (Phi) is 5.06. The van der Waals surface area contributed by atoms with Crippen molar-refractivity contribution < 1.29 is 4.52 Å². The van der Waals surface area contributed by atoms with E-state index in [4.69, 9.17) is 4.52 Å². The molecule has 0 radical (unpaired) electrons. The zero-order chi connectivity index (χ0) is 22.1. The van der Waals surface area contributed by atoms with Crippen LogP contribution in [0.4, 0.5) is 0 Å². The third-order valence-electron chi connectivity index (χ3n) is 5.47. The van der Waals surface area contributed by atoms with Crippen LogP contribution in [0.3, 0.4) is 0 Å². The fraction of sp³-hybridized carbons (Fsp3) is 0.217. The predicted octanol–water partition coefficient (Wildman–Crippen LogP) is 3.01. The molecule has 3 aromatic heterocycles. The van der Waals surface area contributed by atoms with E-state index in [1.807, 2.05) is 55.5 Å². The summed E-state index contributed by atoms with van der Waals surface area (Å²) in [6, 6.07) is 16.0. The Morgan fingerprint density at radius 2 is 1.84 bits per heavy atom. The smallest absolute Gasteiger partial charge is 0.283 e. The van der Waals surface area contributed by atoms with Gasteiger partial charge in [-0.05, 0) is 30.0 Å². The SMILES string of the molecule is CCc1ccc(-c2noc(Cn3cnc4c(nnn4Cc4ccccc4C)c3=O)n2)cc1. The highest BCUT2D eigenvalue weighted by molar-refractivity contribution is 5.67. The Labute approximate surface area is 183 Å². The van der Waals surface area contributed by atoms with Crippen LogP contribution in [0.2, 0.25) is 0 Å². The van der Waals surface area contributed by atoms with E-state index in [1.54, 1.807) is 4.68 Å². The van der Waals surface area contributed by atoms with Crippen molar-refractivity contribution in [2.24, 2.45) is 0 Å². The first kappa shape index (κ1) is 19.8. The zero-order valence-electron chi connectivity index (χ0n) is 17.8. The summed E-state index contributed by atoms with van der Waals surface area (Å²) >= 11 is 0. The lowest BCUT2D eigenvalue weighted by Crippen LogP contribution is -2.21. The second-order valence-electron chi connectivity index (χ2n) is 7.59. The summed E-state index contributed by atoms with van der Waals surface area (Å²) in [5.74, 6) is 0.795. The van der Waals surface area contributed by atoms with Crippen molar-refractivity contribution in [1.82, 2.24) is 34.7 Å². The van der Waals surface area contributed by atoms with E-state index in [9.17, 15) is 4.79 Å². The third kappa shape index (κ3) is 3.68. The van der Waals surface area contributed by atoms with Crippen molar-refractivity contribution in [1.29, 1.82) is 0 Å². The maximum Gasteiger partial charge on any atom is 0.283 e. The molecule has 0 spiro atoms. The van der Waals surface area contributed by atoms with Gasteiger partial charge in [0.2, 0.25) is 11.7 Å². The van der Waals surface area contributed by atoms with Gasteiger partial charge >= 0.3 is 0 Å². The molecule has 5 rings (SSSR count). The molecule has 0 aliphatic heterocycles. The van der Waals surface area contributed by atoms with Gasteiger partial charge in [0.05, 0.1) is 6.54 Å². The van der Waals surface area contributed by atoms with E-state index in [-0.39, 0.29) is 17.6 Å². The van der Waals surface area contributed by atoms with Crippen molar-refractivity contribution >= 4 is 11.2 Å². The molecule has 0 amide bonds. The van der Waals surface area contributed by atoms with E-state index in [2.05, 4.69) is 32.4 Å². The second kappa shape index (κ2) is 8.18. The van der Waals surface area contributed by atoms with Gasteiger partial charge in [-0.1, -0.05) is 65.8 Å². The predicted molar refractivity (Wildman–Crippen MR) is 118 cm³/mol. The van der Waals surface area contributed by atoms with E-state index < -0.39 is 0 Å². The first-order valence-electron chi connectivity index (χ1n) is 10.4. The van der Waals surface area contributed by atoms with Gasteiger partial charge in [0.15, 0.2) is 11.2 Å². The molecule has 0 atom stereocenters. The van der Waals surface area contributed by atoms with Crippen molar-refractivity contribution in [3.8, 4) is 11.4 Å². The van der Waals surface area contributed by atoms with Gasteiger partial charge < -0.3 is 4.52 Å². The zero-order valence-corrected chi connectivity index (χ0v) is 17.8. The minimum absolute atomic E-state index is 0.104. The first-order valence-corrected chi connectivity index (χ1v) is 10.4. The molecule has 9 nitrogen and oxygen atoms in total. The van der Waals surface area contributed by atoms with E-state index in [0.717, 1.165) is 23.1 Å². The summed E-state index contributed by atoms with van der Waals surface area (Å²) in [4.78, 5) is 21.8. The van der Waals surface area contributed by atoms with Crippen LogP contribution in [0.5, 0.6) is 0 Å². The Balaban J connectivity index is 1.40. The Bertz CT molecular complexity index is 1450. The molecule has 0 bridgehead atoms. The summed E-state index contributed by atoms with van der Waals surface area (Å²) in [6.07, 6.45) is 2.42. The normalized spacial score (nSPS) is 11.3. The minimum Gasteiger partial charge on any atom is -0.337 e. The standard InChI is InChI=1S/C23H21N7O2/c1-3-16-8-10-17(11-9-16)21-25-19(32-27-21)13-29-14-24-22-20(23(29)31)26-28-30(22)12-18-7-5-4-6-15(18)2/h4-11,14H,3,12-13H2,1-2H3. The van der Waals surface area contributed by atoms with Crippen molar-refractivity contribution in [3.63, 3.8) is 0 Å².